The predicted octanol–water partition coefficient (Wildman–Crippen LogP) is 1.60. The molecule has 0 unspecified atom stereocenters. The number of aromatic amines is 1. The monoisotopic (exact) mass is 176 g/mol. The van der Waals surface area contributed by atoms with Crippen molar-refractivity contribution in [1.82, 2.24) is 15.5 Å². The number of nitrogens with one attached hydrogen (secondary N) is 2. The Labute approximate surface area is 76.8 Å². The van der Waals surface area contributed by atoms with E-state index < -0.39 is 0 Å². The second kappa shape index (κ2) is 2.73. The number of hydrogen-bond acceptors (Lipinski definition) is 3. The minimum Gasteiger partial charge on any atom is -0.343 e. The van der Waals surface area contributed by atoms with E-state index in [2.05, 4.69) is 34.0 Å². The van der Waals surface area contributed by atoms with Gasteiger partial charge in [-0.2, -0.15) is 5.10 Å². The molecule has 0 bridgehead atoms. The Bertz CT molecular complexity index is 386. The number of rotatable bonds is 1. The Kier molecular flexibility index (Phi) is 1.69. The fourth-order valence-corrected chi connectivity index (χ4v) is 1.42. The van der Waals surface area contributed by atoms with Gasteiger partial charge in [0.05, 0.1) is 11.4 Å². The summed E-state index contributed by atoms with van der Waals surface area (Å²) in [5.74, 6) is 0.869. The average Bonchev–Trinajstić information content (AvgIpc) is 2.47. The minimum absolute atomic E-state index is 0.818. The first-order valence-corrected chi connectivity index (χ1v) is 4.31. The van der Waals surface area contributed by atoms with Gasteiger partial charge in [-0.05, 0) is 13.3 Å². The molecular weight excluding hydrogens is 164 g/mol. The third-order valence-corrected chi connectivity index (χ3v) is 2.06. The van der Waals surface area contributed by atoms with Crippen molar-refractivity contribution in [2.24, 2.45) is 4.99 Å². The summed E-state index contributed by atoms with van der Waals surface area (Å²) in [4.78, 5) is 4.38. The Morgan fingerprint density at radius 2 is 2.23 bits per heavy atom. The van der Waals surface area contributed by atoms with Crippen molar-refractivity contribution in [2.75, 3.05) is 0 Å². The molecule has 0 radical (unpaired) electrons. The van der Waals surface area contributed by atoms with Gasteiger partial charge in [-0.15, -0.1) is 0 Å². The quantitative estimate of drug-likeness (QED) is 0.682. The van der Waals surface area contributed by atoms with Crippen LogP contribution in [0.4, 0.5) is 5.69 Å². The molecule has 2 rings (SSSR count). The lowest BCUT2D eigenvalue weighted by atomic mass is 10.2. The Morgan fingerprint density at radius 3 is 2.92 bits per heavy atom. The van der Waals surface area contributed by atoms with Crippen LogP contribution in [0, 0.1) is 0 Å². The SMILES string of the molecule is C=C1NC(C)=Nc2c1n[nH]c2CC. The summed E-state index contributed by atoms with van der Waals surface area (Å²) in [7, 11) is 0. The number of H-pyrrole nitrogens is 1. The van der Waals surface area contributed by atoms with Gasteiger partial charge >= 0.3 is 0 Å². The Balaban J connectivity index is 2.59. The predicted molar refractivity (Wildman–Crippen MR) is 52.9 cm³/mol. The Morgan fingerprint density at radius 1 is 1.46 bits per heavy atom. The molecule has 0 fully saturated rings. The summed E-state index contributed by atoms with van der Waals surface area (Å²) in [5, 5.41) is 10.2. The zero-order valence-corrected chi connectivity index (χ0v) is 7.81. The van der Waals surface area contributed by atoms with Gasteiger partial charge < -0.3 is 5.32 Å². The first kappa shape index (κ1) is 8.04. The molecule has 0 atom stereocenters. The molecule has 0 amide bonds. The van der Waals surface area contributed by atoms with Crippen LogP contribution in [0.3, 0.4) is 0 Å². The lowest BCUT2D eigenvalue weighted by Crippen LogP contribution is -2.21. The molecule has 0 aliphatic carbocycles. The third kappa shape index (κ3) is 1.14. The summed E-state index contributed by atoms with van der Waals surface area (Å²) in [5.41, 5.74) is 3.65. The highest BCUT2D eigenvalue weighted by molar-refractivity contribution is 5.95. The van der Waals surface area contributed by atoms with E-state index in [-0.39, 0.29) is 0 Å². The molecule has 13 heavy (non-hydrogen) atoms. The van der Waals surface area contributed by atoms with Crippen LogP contribution in [0.5, 0.6) is 0 Å². The number of aromatic nitrogens is 2. The molecule has 0 aromatic carbocycles. The van der Waals surface area contributed by atoms with E-state index in [1.807, 2.05) is 6.92 Å². The van der Waals surface area contributed by atoms with Crippen LogP contribution in [-0.2, 0) is 6.42 Å². The molecule has 1 aliphatic heterocycles. The van der Waals surface area contributed by atoms with Crippen molar-refractivity contribution in [3.63, 3.8) is 0 Å². The van der Waals surface area contributed by atoms with Crippen molar-refractivity contribution < 1.29 is 0 Å². The molecule has 2 N–H and O–H groups in total. The van der Waals surface area contributed by atoms with Gasteiger partial charge in [-0.1, -0.05) is 13.5 Å². The van der Waals surface area contributed by atoms with E-state index in [1.165, 1.54) is 0 Å². The highest BCUT2D eigenvalue weighted by Crippen LogP contribution is 2.29. The van der Waals surface area contributed by atoms with Crippen molar-refractivity contribution >= 4 is 17.2 Å². The Hall–Kier alpha value is -1.58. The third-order valence-electron chi connectivity index (χ3n) is 2.06. The van der Waals surface area contributed by atoms with Gasteiger partial charge in [0.25, 0.3) is 0 Å². The van der Waals surface area contributed by atoms with Crippen LogP contribution in [0.1, 0.15) is 25.2 Å². The van der Waals surface area contributed by atoms with Crippen molar-refractivity contribution in [3.8, 4) is 0 Å². The van der Waals surface area contributed by atoms with Gasteiger partial charge in [0, 0.05) is 0 Å². The lowest BCUT2D eigenvalue weighted by Gasteiger charge is -2.13. The molecular formula is C9H12N4. The second-order valence-corrected chi connectivity index (χ2v) is 3.05. The number of aryl methyl sites for hydroxylation is 1. The van der Waals surface area contributed by atoms with Gasteiger partial charge in [0.1, 0.15) is 17.2 Å². The first-order chi connectivity index (χ1) is 6.22. The molecule has 4 heteroatoms. The zero-order chi connectivity index (χ0) is 9.42. The van der Waals surface area contributed by atoms with Crippen LogP contribution in [0.2, 0.25) is 0 Å². The van der Waals surface area contributed by atoms with Crippen molar-refractivity contribution in [1.29, 1.82) is 0 Å². The maximum Gasteiger partial charge on any atom is 0.134 e. The first-order valence-electron chi connectivity index (χ1n) is 4.31. The van der Waals surface area contributed by atoms with E-state index in [0.29, 0.717) is 0 Å². The van der Waals surface area contributed by atoms with E-state index in [0.717, 1.165) is 35.0 Å². The minimum atomic E-state index is 0.818. The van der Waals surface area contributed by atoms with Gasteiger partial charge in [0.2, 0.25) is 0 Å². The van der Waals surface area contributed by atoms with Crippen LogP contribution in [0.15, 0.2) is 11.6 Å². The molecule has 0 saturated heterocycles. The smallest absolute Gasteiger partial charge is 0.134 e. The summed E-state index contributed by atoms with van der Waals surface area (Å²) in [6.07, 6.45) is 0.909. The highest BCUT2D eigenvalue weighted by Gasteiger charge is 2.18. The van der Waals surface area contributed by atoms with Crippen LogP contribution in [0.25, 0.3) is 5.70 Å². The summed E-state index contributed by atoms with van der Waals surface area (Å²) in [6, 6.07) is 0. The summed E-state index contributed by atoms with van der Waals surface area (Å²) >= 11 is 0. The van der Waals surface area contributed by atoms with E-state index in [4.69, 9.17) is 0 Å². The summed E-state index contributed by atoms with van der Waals surface area (Å²) < 4.78 is 0. The molecule has 0 spiro atoms. The number of hydrogen-bond donors (Lipinski definition) is 2. The fraction of sp³-hybridized carbons (Fsp3) is 0.333. The van der Waals surface area contributed by atoms with E-state index >= 15 is 0 Å². The van der Waals surface area contributed by atoms with Crippen molar-refractivity contribution in [3.05, 3.63) is 18.0 Å². The molecule has 1 aliphatic rings. The molecule has 4 nitrogen and oxygen atoms in total. The second-order valence-electron chi connectivity index (χ2n) is 3.05. The average molecular weight is 176 g/mol. The number of amidine groups is 1. The summed E-state index contributed by atoms with van der Waals surface area (Å²) in [6.45, 7) is 7.87. The molecule has 2 heterocycles. The van der Waals surface area contributed by atoms with Gasteiger partial charge in [0.15, 0.2) is 0 Å². The maximum absolute atomic E-state index is 4.38. The number of fused-ring (bicyclic) bond motifs is 1. The van der Waals surface area contributed by atoms with Crippen LogP contribution >= 0.6 is 0 Å². The van der Waals surface area contributed by atoms with Crippen LogP contribution in [-0.4, -0.2) is 16.0 Å². The van der Waals surface area contributed by atoms with Gasteiger partial charge in [-0.3, -0.25) is 5.10 Å². The lowest BCUT2D eigenvalue weighted by molar-refractivity contribution is 0.969. The fourth-order valence-electron chi connectivity index (χ4n) is 1.42. The number of nitrogens with zero attached hydrogens (tertiary/aromatic N) is 2. The van der Waals surface area contributed by atoms with Gasteiger partial charge in [-0.25, -0.2) is 4.99 Å². The topological polar surface area (TPSA) is 53.1 Å². The molecule has 0 saturated carbocycles. The van der Waals surface area contributed by atoms with Crippen LogP contribution < -0.4 is 5.32 Å². The van der Waals surface area contributed by atoms with Crippen molar-refractivity contribution in [2.45, 2.75) is 20.3 Å². The standard InChI is InChI=1S/C9H12N4/c1-4-7-9-8(13-12-7)5(2)10-6(3)11-9/h2,4H2,1,3H3,(H,10,11)(H,12,13). The maximum atomic E-state index is 4.38. The highest BCUT2D eigenvalue weighted by atomic mass is 15.2. The molecule has 1 aromatic heterocycles. The zero-order valence-electron chi connectivity index (χ0n) is 7.81. The molecule has 68 valence electrons. The van der Waals surface area contributed by atoms with E-state index in [9.17, 15) is 0 Å². The van der Waals surface area contributed by atoms with E-state index in [1.54, 1.807) is 0 Å². The largest absolute Gasteiger partial charge is 0.343 e. The molecule has 1 aromatic rings. The normalized spacial score (nSPS) is 14.9. The number of aliphatic imine (C=N–C) groups is 1.